The van der Waals surface area contributed by atoms with Crippen molar-refractivity contribution in [2.24, 2.45) is 0 Å². The molecule has 0 unspecified atom stereocenters. The van der Waals surface area contributed by atoms with E-state index in [1.165, 1.54) is 25.3 Å². The molecule has 0 aliphatic heterocycles. The van der Waals surface area contributed by atoms with Gasteiger partial charge in [0.05, 0.1) is 24.4 Å². The second-order valence-corrected chi connectivity index (χ2v) is 8.20. The molecular formula is C22H21FN2O4S. The number of hydrogen-bond acceptors (Lipinski definition) is 4. The molecule has 3 aromatic carbocycles. The van der Waals surface area contributed by atoms with Gasteiger partial charge < -0.3 is 10.1 Å². The van der Waals surface area contributed by atoms with Crippen LogP contribution in [-0.2, 0) is 10.0 Å². The summed E-state index contributed by atoms with van der Waals surface area (Å²) in [6.07, 6.45) is 0. The molecule has 30 heavy (non-hydrogen) atoms. The second kappa shape index (κ2) is 8.96. The fourth-order valence-electron chi connectivity index (χ4n) is 2.93. The van der Waals surface area contributed by atoms with Gasteiger partial charge in [-0.1, -0.05) is 42.5 Å². The van der Waals surface area contributed by atoms with Gasteiger partial charge in [0.15, 0.2) is 0 Å². The van der Waals surface area contributed by atoms with Crippen molar-refractivity contribution < 1.29 is 22.3 Å². The van der Waals surface area contributed by atoms with Gasteiger partial charge in [0, 0.05) is 0 Å². The van der Waals surface area contributed by atoms with Crippen molar-refractivity contribution >= 4 is 21.6 Å². The Morgan fingerprint density at radius 1 is 1.00 bits per heavy atom. The topological polar surface area (TPSA) is 84.5 Å². The maximum absolute atomic E-state index is 13.7. The molecule has 3 aromatic rings. The third-order valence-corrected chi connectivity index (χ3v) is 5.87. The van der Waals surface area contributed by atoms with Crippen LogP contribution in [0.3, 0.4) is 0 Å². The lowest BCUT2D eigenvalue weighted by Gasteiger charge is -2.17. The molecule has 0 saturated heterocycles. The molecule has 1 amide bonds. The van der Waals surface area contributed by atoms with Gasteiger partial charge in [0.2, 0.25) is 0 Å². The van der Waals surface area contributed by atoms with E-state index in [4.69, 9.17) is 4.74 Å². The van der Waals surface area contributed by atoms with E-state index in [2.05, 4.69) is 10.0 Å². The summed E-state index contributed by atoms with van der Waals surface area (Å²) in [5, 5.41) is 2.85. The molecule has 3 rings (SSSR count). The van der Waals surface area contributed by atoms with Crippen LogP contribution in [0.5, 0.6) is 5.75 Å². The third-order valence-electron chi connectivity index (χ3n) is 4.48. The summed E-state index contributed by atoms with van der Waals surface area (Å²) >= 11 is 0. The molecule has 156 valence electrons. The van der Waals surface area contributed by atoms with Gasteiger partial charge in [-0.2, -0.15) is 0 Å². The van der Waals surface area contributed by atoms with Crippen molar-refractivity contribution in [1.29, 1.82) is 0 Å². The van der Waals surface area contributed by atoms with Crippen LogP contribution in [0.25, 0.3) is 0 Å². The Morgan fingerprint density at radius 2 is 1.67 bits per heavy atom. The number of halogens is 1. The zero-order valence-electron chi connectivity index (χ0n) is 16.4. The summed E-state index contributed by atoms with van der Waals surface area (Å²) in [7, 11) is -2.92. The summed E-state index contributed by atoms with van der Waals surface area (Å²) < 4.78 is 46.8. The van der Waals surface area contributed by atoms with Gasteiger partial charge in [-0.25, -0.2) is 12.8 Å². The number of ether oxygens (including phenoxy) is 1. The minimum Gasteiger partial charge on any atom is -0.495 e. The Balaban J connectivity index is 1.88. The first-order valence-corrected chi connectivity index (χ1v) is 10.6. The number of carbonyl (C=O) groups is 1. The first-order valence-electron chi connectivity index (χ1n) is 9.13. The van der Waals surface area contributed by atoms with E-state index in [9.17, 15) is 17.6 Å². The highest BCUT2D eigenvalue weighted by molar-refractivity contribution is 7.92. The SMILES string of the molecule is COc1ccc(F)cc1S(=O)(=O)Nc1ccccc1C(=O)N[C@@H](C)c1ccccc1. The highest BCUT2D eigenvalue weighted by Crippen LogP contribution is 2.28. The first-order chi connectivity index (χ1) is 14.3. The van der Waals surface area contributed by atoms with Crippen LogP contribution in [0.15, 0.2) is 77.7 Å². The molecule has 1 atom stereocenters. The van der Waals surface area contributed by atoms with Crippen LogP contribution >= 0.6 is 0 Å². The van der Waals surface area contributed by atoms with Crippen molar-refractivity contribution in [1.82, 2.24) is 5.32 Å². The average Bonchev–Trinajstić information content (AvgIpc) is 2.74. The Morgan fingerprint density at radius 3 is 2.37 bits per heavy atom. The largest absolute Gasteiger partial charge is 0.495 e. The van der Waals surface area contributed by atoms with Gasteiger partial charge in [-0.3, -0.25) is 9.52 Å². The maximum Gasteiger partial charge on any atom is 0.265 e. The number of para-hydroxylation sites is 1. The van der Waals surface area contributed by atoms with Crippen molar-refractivity contribution in [2.45, 2.75) is 17.9 Å². The van der Waals surface area contributed by atoms with Gasteiger partial charge in [-0.05, 0) is 42.8 Å². The molecule has 0 aromatic heterocycles. The monoisotopic (exact) mass is 428 g/mol. The predicted molar refractivity (Wildman–Crippen MR) is 113 cm³/mol. The van der Waals surface area contributed by atoms with Gasteiger partial charge >= 0.3 is 0 Å². The van der Waals surface area contributed by atoms with Crippen molar-refractivity contribution in [3.8, 4) is 5.75 Å². The molecule has 8 heteroatoms. The van der Waals surface area contributed by atoms with Crippen molar-refractivity contribution in [3.63, 3.8) is 0 Å². The first kappa shape index (κ1) is 21.3. The smallest absolute Gasteiger partial charge is 0.265 e. The summed E-state index contributed by atoms with van der Waals surface area (Å²) in [6, 6.07) is 18.5. The lowest BCUT2D eigenvalue weighted by molar-refractivity contribution is 0.0941. The average molecular weight is 428 g/mol. The fourth-order valence-corrected chi connectivity index (χ4v) is 4.19. The van der Waals surface area contributed by atoms with E-state index in [1.807, 2.05) is 37.3 Å². The van der Waals surface area contributed by atoms with E-state index in [1.54, 1.807) is 12.1 Å². The molecule has 6 nitrogen and oxygen atoms in total. The molecule has 0 saturated carbocycles. The Hall–Kier alpha value is -3.39. The summed E-state index contributed by atoms with van der Waals surface area (Å²) in [4.78, 5) is 12.5. The lowest BCUT2D eigenvalue weighted by Crippen LogP contribution is -2.28. The van der Waals surface area contributed by atoms with Crippen LogP contribution in [0.4, 0.5) is 10.1 Å². The van der Waals surface area contributed by atoms with E-state index in [0.717, 1.165) is 17.7 Å². The Labute approximate surface area is 174 Å². The molecule has 2 N–H and O–H groups in total. The standard InChI is InChI=1S/C22H21FN2O4S/c1-15(16-8-4-3-5-9-16)24-22(26)18-10-6-7-11-19(18)25-30(27,28)21-14-17(23)12-13-20(21)29-2/h3-15,25H,1-2H3,(H,24,26)/t15-/m0/s1. The third kappa shape index (κ3) is 4.77. The molecule has 0 fully saturated rings. The fraction of sp³-hybridized carbons (Fsp3) is 0.136. The summed E-state index contributed by atoms with van der Waals surface area (Å²) in [5.41, 5.74) is 1.12. The quantitative estimate of drug-likeness (QED) is 0.593. The summed E-state index contributed by atoms with van der Waals surface area (Å²) in [5.74, 6) is -1.18. The van der Waals surface area contributed by atoms with Crippen molar-refractivity contribution in [2.75, 3.05) is 11.8 Å². The lowest BCUT2D eigenvalue weighted by atomic mass is 10.1. The highest BCUT2D eigenvalue weighted by atomic mass is 32.2. The van der Waals surface area contributed by atoms with E-state index in [0.29, 0.717) is 0 Å². The second-order valence-electron chi connectivity index (χ2n) is 6.55. The number of hydrogen-bond donors (Lipinski definition) is 2. The Bertz CT molecular complexity index is 1150. The number of methoxy groups -OCH3 is 1. The zero-order valence-corrected chi connectivity index (χ0v) is 17.2. The molecule has 0 bridgehead atoms. The van der Waals surface area contributed by atoms with Gasteiger partial charge in [0.1, 0.15) is 16.5 Å². The summed E-state index contributed by atoms with van der Waals surface area (Å²) in [6.45, 7) is 1.83. The molecule has 0 radical (unpaired) electrons. The number of anilines is 1. The molecule has 0 heterocycles. The van der Waals surface area contributed by atoms with Crippen LogP contribution in [-0.4, -0.2) is 21.4 Å². The van der Waals surface area contributed by atoms with E-state index < -0.39 is 21.7 Å². The minimum atomic E-state index is -4.21. The Kier molecular flexibility index (Phi) is 6.37. The number of carbonyl (C=O) groups excluding carboxylic acids is 1. The van der Waals surface area contributed by atoms with Gasteiger partial charge in [0.25, 0.3) is 15.9 Å². The van der Waals surface area contributed by atoms with Crippen molar-refractivity contribution in [3.05, 3.63) is 89.7 Å². The maximum atomic E-state index is 13.7. The number of benzene rings is 3. The van der Waals surface area contributed by atoms with E-state index >= 15 is 0 Å². The van der Waals surface area contributed by atoms with Crippen LogP contribution in [0.1, 0.15) is 28.9 Å². The molecule has 0 aliphatic carbocycles. The number of amides is 1. The van der Waals surface area contributed by atoms with Crippen LogP contribution in [0, 0.1) is 5.82 Å². The van der Waals surface area contributed by atoms with Gasteiger partial charge in [-0.15, -0.1) is 0 Å². The normalized spacial score (nSPS) is 12.1. The minimum absolute atomic E-state index is 0.0106. The number of sulfonamides is 1. The molecular weight excluding hydrogens is 407 g/mol. The van der Waals surface area contributed by atoms with Crippen LogP contribution < -0.4 is 14.8 Å². The predicted octanol–water partition coefficient (Wildman–Crippen LogP) is 4.13. The number of rotatable bonds is 7. The molecule has 0 aliphatic rings. The zero-order chi connectivity index (χ0) is 21.7. The molecule has 0 spiro atoms. The van der Waals surface area contributed by atoms with E-state index in [-0.39, 0.29) is 27.9 Å². The highest BCUT2D eigenvalue weighted by Gasteiger charge is 2.23. The van der Waals surface area contributed by atoms with Crippen LogP contribution in [0.2, 0.25) is 0 Å². The number of nitrogens with one attached hydrogen (secondary N) is 2.